The van der Waals surface area contributed by atoms with E-state index in [4.69, 9.17) is 38.4 Å². The number of rotatable bonds is 6. The second kappa shape index (κ2) is 8.04. The van der Waals surface area contributed by atoms with E-state index >= 15 is 0 Å². The van der Waals surface area contributed by atoms with Crippen molar-refractivity contribution in [3.05, 3.63) is 63.6 Å². The van der Waals surface area contributed by atoms with Gasteiger partial charge in [0.2, 0.25) is 5.91 Å². The molecule has 2 aromatic carbocycles. The third-order valence-electron chi connectivity index (χ3n) is 3.12. The smallest absolute Gasteiger partial charge is 0.347 e. The van der Waals surface area contributed by atoms with E-state index in [1.807, 2.05) is 0 Å². The molecular formula is C17H15Cl2NO4. The molecule has 7 heteroatoms. The minimum atomic E-state index is -0.858. The zero-order valence-electron chi connectivity index (χ0n) is 12.8. The third-order valence-corrected chi connectivity index (χ3v) is 3.65. The van der Waals surface area contributed by atoms with Crippen LogP contribution in [0.2, 0.25) is 10.0 Å². The molecule has 0 fully saturated rings. The summed E-state index contributed by atoms with van der Waals surface area (Å²) in [6, 6.07) is 11.2. The number of benzene rings is 2. The number of ether oxygens (including phenoxy) is 2. The molecule has 0 heterocycles. The fraction of sp³-hybridized carbons (Fsp3) is 0.176. The molecule has 0 radical (unpaired) electrons. The number of primary amides is 1. The molecule has 5 nitrogen and oxygen atoms in total. The Bertz CT molecular complexity index is 764. The van der Waals surface area contributed by atoms with Crippen LogP contribution in [0.15, 0.2) is 42.5 Å². The Kier molecular flexibility index (Phi) is 6.06. The summed E-state index contributed by atoms with van der Waals surface area (Å²) in [6.07, 6.45) is -0.858. The van der Waals surface area contributed by atoms with Crippen LogP contribution in [-0.2, 0) is 16.1 Å². The average Bonchev–Trinajstić information content (AvgIpc) is 2.55. The van der Waals surface area contributed by atoms with Crippen LogP contribution in [0, 0.1) is 0 Å². The van der Waals surface area contributed by atoms with Crippen LogP contribution in [0.1, 0.15) is 22.8 Å². The van der Waals surface area contributed by atoms with Crippen molar-refractivity contribution in [2.45, 2.75) is 19.6 Å². The first kappa shape index (κ1) is 18.1. The first-order valence-corrected chi connectivity index (χ1v) is 7.79. The summed E-state index contributed by atoms with van der Waals surface area (Å²) < 4.78 is 10.6. The molecule has 0 spiro atoms. The summed E-state index contributed by atoms with van der Waals surface area (Å²) >= 11 is 11.8. The monoisotopic (exact) mass is 367 g/mol. The van der Waals surface area contributed by atoms with Gasteiger partial charge in [-0.05, 0) is 42.8 Å². The maximum absolute atomic E-state index is 12.0. The fourth-order valence-corrected chi connectivity index (χ4v) is 2.35. The zero-order valence-corrected chi connectivity index (χ0v) is 14.3. The lowest BCUT2D eigenvalue weighted by Gasteiger charge is -2.15. The highest BCUT2D eigenvalue weighted by Gasteiger charge is 2.18. The first-order valence-electron chi connectivity index (χ1n) is 7.04. The van der Waals surface area contributed by atoms with E-state index in [0.717, 1.165) is 0 Å². The van der Waals surface area contributed by atoms with Gasteiger partial charge in [-0.1, -0.05) is 35.3 Å². The van der Waals surface area contributed by atoms with Gasteiger partial charge in [0.25, 0.3) is 0 Å². The van der Waals surface area contributed by atoms with Gasteiger partial charge in [-0.15, -0.1) is 0 Å². The standard InChI is InChI=1S/C17H15Cl2NO4/c1-10(24-15-6-5-13(18)8-14(15)19)17(22)23-9-11-3-2-4-12(7-11)16(20)21/h2-8,10H,9H2,1H3,(H2,20,21). The minimum absolute atomic E-state index is 0.00199. The summed E-state index contributed by atoms with van der Waals surface area (Å²) in [6.45, 7) is 1.55. The van der Waals surface area contributed by atoms with Gasteiger partial charge in [-0.2, -0.15) is 0 Å². The molecule has 2 rings (SSSR count). The summed E-state index contributed by atoms with van der Waals surface area (Å²) in [5, 5.41) is 0.772. The second-order valence-corrected chi connectivity index (χ2v) is 5.85. The molecular weight excluding hydrogens is 353 g/mol. The van der Waals surface area contributed by atoms with Gasteiger partial charge < -0.3 is 15.2 Å². The number of hydrogen-bond acceptors (Lipinski definition) is 4. The van der Waals surface area contributed by atoms with Gasteiger partial charge in [0.15, 0.2) is 6.10 Å². The van der Waals surface area contributed by atoms with Crippen molar-refractivity contribution in [1.29, 1.82) is 0 Å². The van der Waals surface area contributed by atoms with Crippen molar-refractivity contribution < 1.29 is 19.1 Å². The van der Waals surface area contributed by atoms with Crippen LogP contribution in [0.25, 0.3) is 0 Å². The van der Waals surface area contributed by atoms with Gasteiger partial charge in [0, 0.05) is 10.6 Å². The number of nitrogens with two attached hydrogens (primary N) is 1. The van der Waals surface area contributed by atoms with E-state index in [1.54, 1.807) is 43.3 Å². The molecule has 1 atom stereocenters. The molecule has 0 bridgehead atoms. The molecule has 0 saturated heterocycles. The maximum atomic E-state index is 12.0. The van der Waals surface area contributed by atoms with Crippen molar-refractivity contribution >= 4 is 35.1 Å². The van der Waals surface area contributed by atoms with E-state index < -0.39 is 18.0 Å². The lowest BCUT2D eigenvalue weighted by Crippen LogP contribution is -2.26. The first-order chi connectivity index (χ1) is 11.4. The summed E-state index contributed by atoms with van der Waals surface area (Å²) in [7, 11) is 0. The average molecular weight is 368 g/mol. The van der Waals surface area contributed by atoms with Gasteiger partial charge in [-0.25, -0.2) is 4.79 Å². The van der Waals surface area contributed by atoms with Crippen molar-refractivity contribution in [3.63, 3.8) is 0 Å². The lowest BCUT2D eigenvalue weighted by atomic mass is 10.1. The van der Waals surface area contributed by atoms with E-state index in [1.165, 1.54) is 6.07 Å². The summed E-state index contributed by atoms with van der Waals surface area (Å²) in [4.78, 5) is 23.1. The molecule has 24 heavy (non-hydrogen) atoms. The molecule has 0 aliphatic heterocycles. The highest BCUT2D eigenvalue weighted by atomic mass is 35.5. The number of hydrogen-bond donors (Lipinski definition) is 1. The Morgan fingerprint density at radius 3 is 2.58 bits per heavy atom. The van der Waals surface area contributed by atoms with E-state index in [9.17, 15) is 9.59 Å². The Hall–Kier alpha value is -2.24. The second-order valence-electron chi connectivity index (χ2n) is 5.01. The van der Waals surface area contributed by atoms with Gasteiger partial charge >= 0.3 is 5.97 Å². The SMILES string of the molecule is CC(Oc1ccc(Cl)cc1Cl)C(=O)OCc1cccc(C(N)=O)c1. The number of carbonyl (C=O) groups excluding carboxylic acids is 2. The number of carbonyl (C=O) groups is 2. The Morgan fingerprint density at radius 2 is 1.92 bits per heavy atom. The number of halogens is 2. The fourth-order valence-electron chi connectivity index (χ4n) is 1.90. The lowest BCUT2D eigenvalue weighted by molar-refractivity contribution is -0.152. The van der Waals surface area contributed by atoms with Crippen LogP contribution in [-0.4, -0.2) is 18.0 Å². The molecule has 1 amide bonds. The highest BCUT2D eigenvalue weighted by molar-refractivity contribution is 6.35. The van der Waals surface area contributed by atoms with E-state index in [0.29, 0.717) is 26.9 Å². The predicted molar refractivity (Wildman–Crippen MR) is 91.3 cm³/mol. The van der Waals surface area contributed by atoms with Gasteiger partial charge in [0.05, 0.1) is 5.02 Å². The van der Waals surface area contributed by atoms with Crippen molar-refractivity contribution in [1.82, 2.24) is 0 Å². The van der Waals surface area contributed by atoms with Crippen LogP contribution in [0.5, 0.6) is 5.75 Å². The Balaban J connectivity index is 1.94. The molecule has 126 valence electrons. The van der Waals surface area contributed by atoms with Crippen molar-refractivity contribution in [2.24, 2.45) is 5.73 Å². The third kappa shape index (κ3) is 4.88. The molecule has 0 aromatic heterocycles. The Labute approximate surface area is 149 Å². The van der Waals surface area contributed by atoms with Crippen LogP contribution < -0.4 is 10.5 Å². The Morgan fingerprint density at radius 1 is 1.17 bits per heavy atom. The van der Waals surface area contributed by atoms with Gasteiger partial charge in [-0.3, -0.25) is 4.79 Å². The normalized spacial score (nSPS) is 11.6. The molecule has 1 unspecified atom stereocenters. The molecule has 2 N–H and O–H groups in total. The summed E-state index contributed by atoms with van der Waals surface area (Å²) in [5.41, 5.74) is 6.21. The largest absolute Gasteiger partial charge is 0.477 e. The predicted octanol–water partition coefficient (Wildman–Crippen LogP) is 3.60. The van der Waals surface area contributed by atoms with E-state index in [2.05, 4.69) is 0 Å². The van der Waals surface area contributed by atoms with Crippen LogP contribution in [0.4, 0.5) is 0 Å². The van der Waals surface area contributed by atoms with Crippen LogP contribution >= 0.6 is 23.2 Å². The van der Waals surface area contributed by atoms with Crippen molar-refractivity contribution in [2.75, 3.05) is 0 Å². The quantitative estimate of drug-likeness (QED) is 0.791. The molecule has 2 aromatic rings. The van der Waals surface area contributed by atoms with E-state index in [-0.39, 0.29) is 6.61 Å². The van der Waals surface area contributed by atoms with Crippen molar-refractivity contribution in [3.8, 4) is 5.75 Å². The zero-order chi connectivity index (χ0) is 17.7. The van der Waals surface area contributed by atoms with Crippen LogP contribution in [0.3, 0.4) is 0 Å². The highest BCUT2D eigenvalue weighted by Crippen LogP contribution is 2.28. The maximum Gasteiger partial charge on any atom is 0.347 e. The molecule has 0 aliphatic carbocycles. The topological polar surface area (TPSA) is 78.6 Å². The number of esters is 1. The molecule has 0 aliphatic rings. The van der Waals surface area contributed by atoms with Gasteiger partial charge in [0.1, 0.15) is 12.4 Å². The molecule has 0 saturated carbocycles. The number of amides is 1. The minimum Gasteiger partial charge on any atom is -0.477 e. The summed E-state index contributed by atoms with van der Waals surface area (Å²) in [5.74, 6) is -0.774.